The molecule has 0 unspecified atom stereocenters. The van der Waals surface area contributed by atoms with E-state index in [0.717, 1.165) is 5.92 Å². The third-order valence-electron chi connectivity index (χ3n) is 4.37. The molecule has 0 spiro atoms. The summed E-state index contributed by atoms with van der Waals surface area (Å²) in [4.78, 5) is 0. The molecule has 118 valence electrons. The molecule has 0 aromatic carbocycles. The fourth-order valence-electron chi connectivity index (χ4n) is 3.06. The average Bonchev–Trinajstić information content (AvgIpc) is 2.42. The number of methoxy groups -OCH3 is 2. The molecule has 0 aliphatic heterocycles. The zero-order valence-corrected chi connectivity index (χ0v) is 14.0. The lowest BCUT2D eigenvalue weighted by molar-refractivity contribution is -0.0685. The Balaban J connectivity index is 2.52. The van der Waals surface area contributed by atoms with E-state index in [1.807, 2.05) is 6.08 Å². The second-order valence-electron chi connectivity index (χ2n) is 6.53. The molecule has 20 heavy (non-hydrogen) atoms. The molecule has 3 heteroatoms. The van der Waals surface area contributed by atoms with E-state index in [4.69, 9.17) is 14.2 Å². The Kier molecular flexibility index (Phi) is 7.78. The lowest BCUT2D eigenvalue weighted by Gasteiger charge is -2.37. The van der Waals surface area contributed by atoms with Crippen LogP contribution in [0.1, 0.15) is 47.0 Å². The van der Waals surface area contributed by atoms with E-state index in [1.165, 1.54) is 24.8 Å². The summed E-state index contributed by atoms with van der Waals surface area (Å²) in [6.45, 7) is 9.70. The molecule has 0 saturated heterocycles. The summed E-state index contributed by atoms with van der Waals surface area (Å²) < 4.78 is 16.6. The van der Waals surface area contributed by atoms with Crippen LogP contribution >= 0.6 is 0 Å². The number of ether oxygens (including phenoxy) is 3. The van der Waals surface area contributed by atoms with Gasteiger partial charge < -0.3 is 14.2 Å². The van der Waals surface area contributed by atoms with Gasteiger partial charge in [0, 0.05) is 14.2 Å². The van der Waals surface area contributed by atoms with Crippen LogP contribution in [0.4, 0.5) is 0 Å². The third-order valence-corrected chi connectivity index (χ3v) is 4.37. The highest BCUT2D eigenvalue weighted by Crippen LogP contribution is 2.35. The van der Waals surface area contributed by atoms with Crippen LogP contribution in [-0.4, -0.2) is 33.2 Å². The van der Waals surface area contributed by atoms with Crippen molar-refractivity contribution in [3.8, 4) is 0 Å². The van der Waals surface area contributed by atoms with Crippen LogP contribution in [0.15, 0.2) is 11.6 Å². The highest BCUT2D eigenvalue weighted by molar-refractivity contribution is 5.00. The van der Waals surface area contributed by atoms with Gasteiger partial charge in [0.1, 0.15) is 0 Å². The molecule has 3 nitrogen and oxygen atoms in total. The van der Waals surface area contributed by atoms with Gasteiger partial charge in [-0.05, 0) is 49.2 Å². The standard InChI is InChI=1S/C17H32O3/c1-12(2)15-8-7-13(3)9-16(15)20-11-14(4)10-17(18-5)19-6/h10,12-13,15-17H,7-9,11H2,1-6H3/b14-10+/t13-,15+,16-/m0/s1. The minimum Gasteiger partial charge on any atom is -0.374 e. The largest absolute Gasteiger partial charge is 0.374 e. The lowest BCUT2D eigenvalue weighted by Crippen LogP contribution is -2.34. The summed E-state index contributed by atoms with van der Waals surface area (Å²) in [5, 5.41) is 0. The molecule has 1 rings (SSSR count). The van der Waals surface area contributed by atoms with E-state index >= 15 is 0 Å². The second-order valence-corrected chi connectivity index (χ2v) is 6.53. The first-order chi connectivity index (χ1) is 9.47. The quantitative estimate of drug-likeness (QED) is 0.522. The minimum atomic E-state index is -0.273. The Labute approximate surface area is 124 Å². The summed E-state index contributed by atoms with van der Waals surface area (Å²) in [5.74, 6) is 2.17. The van der Waals surface area contributed by atoms with Crippen molar-refractivity contribution >= 4 is 0 Å². The maximum atomic E-state index is 6.20. The van der Waals surface area contributed by atoms with E-state index in [-0.39, 0.29) is 6.29 Å². The fourth-order valence-corrected chi connectivity index (χ4v) is 3.06. The molecule has 0 aromatic heterocycles. The molecule has 1 aliphatic carbocycles. The van der Waals surface area contributed by atoms with Crippen LogP contribution < -0.4 is 0 Å². The van der Waals surface area contributed by atoms with Gasteiger partial charge >= 0.3 is 0 Å². The van der Waals surface area contributed by atoms with Gasteiger partial charge in [0.05, 0.1) is 12.7 Å². The predicted octanol–water partition coefficient (Wildman–Crippen LogP) is 4.03. The summed E-state index contributed by atoms with van der Waals surface area (Å²) in [5.41, 5.74) is 1.17. The van der Waals surface area contributed by atoms with Crippen LogP contribution in [-0.2, 0) is 14.2 Å². The summed E-state index contributed by atoms with van der Waals surface area (Å²) in [7, 11) is 3.30. The smallest absolute Gasteiger partial charge is 0.176 e. The second kappa shape index (κ2) is 8.81. The molecular formula is C17H32O3. The van der Waals surface area contributed by atoms with Gasteiger partial charge in [-0.3, -0.25) is 0 Å². The Morgan fingerprint density at radius 2 is 1.85 bits per heavy atom. The van der Waals surface area contributed by atoms with Crippen molar-refractivity contribution in [1.29, 1.82) is 0 Å². The lowest BCUT2D eigenvalue weighted by atomic mass is 9.75. The fraction of sp³-hybridized carbons (Fsp3) is 0.882. The van der Waals surface area contributed by atoms with E-state index in [0.29, 0.717) is 24.5 Å². The molecule has 1 fully saturated rings. The van der Waals surface area contributed by atoms with Crippen molar-refractivity contribution in [3.05, 3.63) is 11.6 Å². The first-order valence-electron chi connectivity index (χ1n) is 7.82. The Morgan fingerprint density at radius 1 is 1.20 bits per heavy atom. The maximum Gasteiger partial charge on any atom is 0.176 e. The van der Waals surface area contributed by atoms with E-state index in [9.17, 15) is 0 Å². The van der Waals surface area contributed by atoms with Gasteiger partial charge in [-0.2, -0.15) is 0 Å². The number of rotatable bonds is 7. The first-order valence-corrected chi connectivity index (χ1v) is 7.82. The molecule has 1 aliphatic rings. The summed E-state index contributed by atoms with van der Waals surface area (Å²) >= 11 is 0. The Morgan fingerprint density at radius 3 is 2.40 bits per heavy atom. The van der Waals surface area contributed by atoms with Gasteiger partial charge in [0.25, 0.3) is 0 Å². The molecule has 0 heterocycles. The number of hydrogen-bond acceptors (Lipinski definition) is 3. The van der Waals surface area contributed by atoms with Crippen molar-refractivity contribution in [1.82, 2.24) is 0 Å². The third kappa shape index (κ3) is 5.55. The molecule has 0 radical (unpaired) electrons. The van der Waals surface area contributed by atoms with Crippen LogP contribution in [0.2, 0.25) is 0 Å². The van der Waals surface area contributed by atoms with Gasteiger partial charge in [0.2, 0.25) is 0 Å². The summed E-state index contributed by atoms with van der Waals surface area (Å²) in [6, 6.07) is 0. The van der Waals surface area contributed by atoms with Crippen molar-refractivity contribution in [2.75, 3.05) is 20.8 Å². The Bertz CT molecular complexity index is 295. The topological polar surface area (TPSA) is 27.7 Å². The van der Waals surface area contributed by atoms with Crippen molar-refractivity contribution in [3.63, 3.8) is 0 Å². The molecule has 0 aromatic rings. The van der Waals surface area contributed by atoms with Crippen LogP contribution in [0.5, 0.6) is 0 Å². The van der Waals surface area contributed by atoms with Crippen molar-refractivity contribution in [2.45, 2.75) is 59.4 Å². The maximum absolute atomic E-state index is 6.20. The monoisotopic (exact) mass is 284 g/mol. The first kappa shape index (κ1) is 17.7. The van der Waals surface area contributed by atoms with Crippen molar-refractivity contribution < 1.29 is 14.2 Å². The van der Waals surface area contributed by atoms with Crippen molar-refractivity contribution in [2.24, 2.45) is 17.8 Å². The number of hydrogen-bond donors (Lipinski definition) is 0. The molecule has 1 saturated carbocycles. The Hall–Kier alpha value is -0.380. The summed E-state index contributed by atoms with van der Waals surface area (Å²) in [6.07, 6.45) is 5.93. The van der Waals surface area contributed by atoms with Gasteiger partial charge in [-0.15, -0.1) is 0 Å². The normalized spacial score (nSPS) is 28.4. The van der Waals surface area contributed by atoms with Crippen LogP contribution in [0, 0.1) is 17.8 Å². The average molecular weight is 284 g/mol. The van der Waals surface area contributed by atoms with Gasteiger partial charge in [-0.1, -0.05) is 27.2 Å². The van der Waals surface area contributed by atoms with Gasteiger partial charge in [0.15, 0.2) is 6.29 Å². The predicted molar refractivity (Wildman–Crippen MR) is 82.6 cm³/mol. The molecule has 3 atom stereocenters. The molecule has 0 bridgehead atoms. The zero-order chi connectivity index (χ0) is 15.1. The van der Waals surface area contributed by atoms with Crippen LogP contribution in [0.3, 0.4) is 0 Å². The zero-order valence-electron chi connectivity index (χ0n) is 14.0. The molecular weight excluding hydrogens is 252 g/mol. The highest BCUT2D eigenvalue weighted by atomic mass is 16.7. The highest BCUT2D eigenvalue weighted by Gasteiger charge is 2.31. The van der Waals surface area contributed by atoms with E-state index in [2.05, 4.69) is 27.7 Å². The SMILES string of the molecule is COC(/C=C(\C)CO[C@H]1C[C@@H](C)CC[C@@H]1C(C)C)OC. The van der Waals surface area contributed by atoms with Gasteiger partial charge in [-0.25, -0.2) is 0 Å². The molecule has 0 amide bonds. The molecule has 0 N–H and O–H groups in total. The van der Waals surface area contributed by atoms with Crippen LogP contribution in [0.25, 0.3) is 0 Å². The minimum absolute atomic E-state index is 0.273. The van der Waals surface area contributed by atoms with E-state index in [1.54, 1.807) is 14.2 Å². The van der Waals surface area contributed by atoms with E-state index < -0.39 is 0 Å².